The first-order valence-corrected chi connectivity index (χ1v) is 6.08. The van der Waals surface area contributed by atoms with Crippen molar-refractivity contribution in [2.45, 2.75) is 12.8 Å². The first kappa shape index (κ1) is 12.7. The van der Waals surface area contributed by atoms with Gasteiger partial charge in [0, 0.05) is 13.2 Å². The molecule has 1 heterocycles. The van der Waals surface area contributed by atoms with Crippen molar-refractivity contribution in [3.05, 3.63) is 29.8 Å². The van der Waals surface area contributed by atoms with E-state index < -0.39 is 0 Å². The molecule has 1 fully saturated rings. The van der Waals surface area contributed by atoms with Crippen LogP contribution in [-0.2, 0) is 4.74 Å². The maximum Gasteiger partial charge on any atom is 0.173 e. The van der Waals surface area contributed by atoms with Crippen molar-refractivity contribution < 1.29 is 14.7 Å². The molecule has 5 nitrogen and oxygen atoms in total. The highest BCUT2D eigenvalue weighted by Crippen LogP contribution is 2.21. The van der Waals surface area contributed by atoms with Crippen LogP contribution in [0.4, 0.5) is 0 Å². The molecule has 0 spiro atoms. The van der Waals surface area contributed by atoms with Crippen LogP contribution in [0, 0.1) is 5.92 Å². The minimum atomic E-state index is 0.0672. The summed E-state index contributed by atoms with van der Waals surface area (Å²) in [5, 5.41) is 11.7. The lowest BCUT2D eigenvalue weighted by atomic mass is 10.0. The van der Waals surface area contributed by atoms with Gasteiger partial charge >= 0.3 is 0 Å². The molecule has 0 aliphatic carbocycles. The van der Waals surface area contributed by atoms with Gasteiger partial charge in [-0.05, 0) is 30.9 Å². The Labute approximate surface area is 106 Å². The molecular weight excluding hydrogens is 232 g/mol. The number of oxime groups is 1. The molecule has 0 radical (unpaired) electrons. The largest absolute Gasteiger partial charge is 0.493 e. The molecule has 2 rings (SSSR count). The smallest absolute Gasteiger partial charge is 0.173 e. The lowest BCUT2D eigenvalue weighted by Crippen LogP contribution is -2.22. The third kappa shape index (κ3) is 3.13. The predicted molar refractivity (Wildman–Crippen MR) is 68.0 cm³/mol. The fraction of sp³-hybridized carbons (Fsp3) is 0.462. The number of nitrogens with two attached hydrogens (primary N) is 1. The van der Waals surface area contributed by atoms with E-state index in [9.17, 15) is 0 Å². The minimum Gasteiger partial charge on any atom is -0.493 e. The number of benzene rings is 1. The van der Waals surface area contributed by atoms with Gasteiger partial charge in [0.15, 0.2) is 5.84 Å². The molecule has 1 aliphatic rings. The highest BCUT2D eigenvalue weighted by molar-refractivity contribution is 5.99. The number of hydrogen-bond acceptors (Lipinski definition) is 4. The molecule has 1 aromatic rings. The first-order valence-electron chi connectivity index (χ1n) is 6.08. The average molecular weight is 250 g/mol. The molecule has 0 amide bonds. The molecule has 98 valence electrons. The molecule has 3 N–H and O–H groups in total. The number of nitrogens with zero attached hydrogens (tertiary/aromatic N) is 1. The maximum absolute atomic E-state index is 8.72. The molecule has 1 aromatic carbocycles. The molecule has 0 unspecified atom stereocenters. The zero-order valence-electron chi connectivity index (χ0n) is 10.2. The number of amidine groups is 1. The van der Waals surface area contributed by atoms with Crippen molar-refractivity contribution in [2.24, 2.45) is 16.8 Å². The fourth-order valence-electron chi connectivity index (χ4n) is 1.98. The van der Waals surface area contributed by atoms with E-state index in [1.807, 2.05) is 18.2 Å². The Morgan fingerprint density at radius 2 is 2.11 bits per heavy atom. The van der Waals surface area contributed by atoms with Crippen LogP contribution in [0.5, 0.6) is 5.75 Å². The summed E-state index contributed by atoms with van der Waals surface area (Å²) in [7, 11) is 0. The van der Waals surface area contributed by atoms with Crippen molar-refractivity contribution in [3.63, 3.8) is 0 Å². The highest BCUT2D eigenvalue weighted by Gasteiger charge is 2.15. The Balaban J connectivity index is 2.00. The Kier molecular flexibility index (Phi) is 4.41. The number of rotatable bonds is 4. The second-order valence-electron chi connectivity index (χ2n) is 4.35. The molecule has 1 saturated heterocycles. The Morgan fingerprint density at radius 3 is 2.83 bits per heavy atom. The van der Waals surface area contributed by atoms with Gasteiger partial charge in [-0.2, -0.15) is 0 Å². The van der Waals surface area contributed by atoms with E-state index in [4.69, 9.17) is 20.4 Å². The van der Waals surface area contributed by atoms with Crippen molar-refractivity contribution in [1.29, 1.82) is 0 Å². The zero-order chi connectivity index (χ0) is 12.8. The van der Waals surface area contributed by atoms with Crippen LogP contribution in [-0.4, -0.2) is 30.9 Å². The highest BCUT2D eigenvalue weighted by atomic mass is 16.5. The monoisotopic (exact) mass is 250 g/mol. The van der Waals surface area contributed by atoms with Gasteiger partial charge in [-0.15, -0.1) is 0 Å². The minimum absolute atomic E-state index is 0.0672. The second kappa shape index (κ2) is 6.26. The standard InChI is InChI=1S/C13H18N2O3/c14-13(15-16)11-3-1-2-4-12(11)18-9-10-5-7-17-8-6-10/h1-4,10,16H,5-9H2,(H2,14,15). The van der Waals surface area contributed by atoms with E-state index in [2.05, 4.69) is 5.16 Å². The fourth-order valence-corrected chi connectivity index (χ4v) is 1.98. The Bertz CT molecular complexity index is 414. The van der Waals surface area contributed by atoms with Crippen molar-refractivity contribution in [2.75, 3.05) is 19.8 Å². The van der Waals surface area contributed by atoms with Crippen LogP contribution in [0.2, 0.25) is 0 Å². The second-order valence-corrected chi connectivity index (χ2v) is 4.35. The summed E-state index contributed by atoms with van der Waals surface area (Å²) in [6.07, 6.45) is 2.04. The van der Waals surface area contributed by atoms with Gasteiger partial charge in [0.05, 0.1) is 12.2 Å². The van der Waals surface area contributed by atoms with Crippen LogP contribution < -0.4 is 10.5 Å². The topological polar surface area (TPSA) is 77.1 Å². The van der Waals surface area contributed by atoms with Gasteiger partial charge in [-0.1, -0.05) is 17.3 Å². The van der Waals surface area contributed by atoms with E-state index in [-0.39, 0.29) is 5.84 Å². The van der Waals surface area contributed by atoms with Crippen molar-refractivity contribution in [3.8, 4) is 5.75 Å². The third-order valence-corrected chi connectivity index (χ3v) is 3.09. The van der Waals surface area contributed by atoms with Gasteiger partial charge < -0.3 is 20.4 Å². The summed E-state index contributed by atoms with van der Waals surface area (Å²) in [4.78, 5) is 0. The molecule has 0 saturated carbocycles. The molecular formula is C13H18N2O3. The van der Waals surface area contributed by atoms with E-state index in [1.54, 1.807) is 6.07 Å². The van der Waals surface area contributed by atoms with Gasteiger partial charge in [0.2, 0.25) is 0 Å². The summed E-state index contributed by atoms with van der Waals surface area (Å²) in [5.74, 6) is 1.23. The Morgan fingerprint density at radius 1 is 1.39 bits per heavy atom. The average Bonchev–Trinajstić information content (AvgIpc) is 2.45. The van der Waals surface area contributed by atoms with Gasteiger partial charge in [0.1, 0.15) is 5.75 Å². The summed E-state index contributed by atoms with van der Waals surface area (Å²) in [6, 6.07) is 7.29. The third-order valence-electron chi connectivity index (χ3n) is 3.09. The molecule has 18 heavy (non-hydrogen) atoms. The van der Waals surface area contributed by atoms with Crippen LogP contribution in [0.1, 0.15) is 18.4 Å². The quantitative estimate of drug-likeness (QED) is 0.368. The van der Waals surface area contributed by atoms with Crippen LogP contribution in [0.3, 0.4) is 0 Å². The van der Waals surface area contributed by atoms with E-state index in [1.165, 1.54) is 0 Å². The molecule has 0 atom stereocenters. The van der Waals surface area contributed by atoms with E-state index in [0.717, 1.165) is 26.1 Å². The first-order chi connectivity index (χ1) is 8.81. The van der Waals surface area contributed by atoms with Gasteiger partial charge in [-0.3, -0.25) is 0 Å². The number of ether oxygens (including phenoxy) is 2. The molecule has 1 aliphatic heterocycles. The summed E-state index contributed by atoms with van der Waals surface area (Å²) in [5.41, 5.74) is 6.22. The van der Waals surface area contributed by atoms with Crippen LogP contribution in [0.15, 0.2) is 29.4 Å². The summed E-state index contributed by atoms with van der Waals surface area (Å²) in [6.45, 7) is 2.24. The van der Waals surface area contributed by atoms with Crippen LogP contribution >= 0.6 is 0 Å². The zero-order valence-corrected chi connectivity index (χ0v) is 10.2. The molecule has 5 heteroatoms. The summed E-state index contributed by atoms with van der Waals surface area (Å²) < 4.78 is 11.1. The van der Waals surface area contributed by atoms with Crippen molar-refractivity contribution in [1.82, 2.24) is 0 Å². The van der Waals surface area contributed by atoms with Crippen molar-refractivity contribution >= 4 is 5.84 Å². The van der Waals surface area contributed by atoms with Gasteiger partial charge in [0.25, 0.3) is 0 Å². The number of para-hydroxylation sites is 1. The summed E-state index contributed by atoms with van der Waals surface area (Å²) >= 11 is 0. The SMILES string of the molecule is NC(=NO)c1ccccc1OCC1CCOCC1. The molecule has 0 aromatic heterocycles. The predicted octanol–water partition coefficient (Wildman–Crippen LogP) is 1.59. The Hall–Kier alpha value is -1.75. The number of hydrogen-bond donors (Lipinski definition) is 2. The van der Waals surface area contributed by atoms with Gasteiger partial charge in [-0.25, -0.2) is 0 Å². The van der Waals surface area contributed by atoms with E-state index in [0.29, 0.717) is 23.8 Å². The maximum atomic E-state index is 8.72. The van der Waals surface area contributed by atoms with Crippen LogP contribution in [0.25, 0.3) is 0 Å². The lowest BCUT2D eigenvalue weighted by Gasteiger charge is -2.22. The normalized spacial score (nSPS) is 17.7. The van der Waals surface area contributed by atoms with E-state index >= 15 is 0 Å². The lowest BCUT2D eigenvalue weighted by molar-refractivity contribution is 0.0497. The molecule has 0 bridgehead atoms.